The van der Waals surface area contributed by atoms with Gasteiger partial charge in [0.25, 0.3) is 0 Å². The molecule has 6 heteroatoms. The van der Waals surface area contributed by atoms with Crippen LogP contribution in [-0.2, 0) is 4.79 Å². The van der Waals surface area contributed by atoms with Gasteiger partial charge in [-0.3, -0.25) is 4.79 Å². The Balaban J connectivity index is 2.90. The first-order chi connectivity index (χ1) is 8.45. The summed E-state index contributed by atoms with van der Waals surface area (Å²) in [6.07, 6.45) is 0.560. The summed E-state index contributed by atoms with van der Waals surface area (Å²) in [5.41, 5.74) is 5.72. The summed E-state index contributed by atoms with van der Waals surface area (Å²) >= 11 is 3.19. The highest BCUT2D eigenvalue weighted by Crippen LogP contribution is 2.22. The van der Waals surface area contributed by atoms with Gasteiger partial charge in [0.05, 0.1) is 11.3 Å². The Morgan fingerprint density at radius 1 is 1.50 bits per heavy atom. The predicted octanol–water partition coefficient (Wildman–Crippen LogP) is 2.07. The molecule has 1 rings (SSSR count). The van der Waals surface area contributed by atoms with Crippen LogP contribution in [0, 0.1) is 5.92 Å². The number of carboxylic acid groups (broad SMARTS) is 1. The van der Waals surface area contributed by atoms with Crippen LogP contribution in [-0.4, -0.2) is 23.5 Å². The van der Waals surface area contributed by atoms with Gasteiger partial charge in [0.2, 0.25) is 5.91 Å². The van der Waals surface area contributed by atoms with Crippen LogP contribution in [0.1, 0.15) is 23.7 Å². The first kappa shape index (κ1) is 14.7. The number of rotatable bonds is 5. The Bertz CT molecular complexity index is 463. The van der Waals surface area contributed by atoms with Crippen LogP contribution in [0.5, 0.6) is 0 Å². The third-order valence-electron chi connectivity index (χ3n) is 2.52. The zero-order chi connectivity index (χ0) is 13.7. The van der Waals surface area contributed by atoms with Gasteiger partial charge < -0.3 is 16.2 Å². The van der Waals surface area contributed by atoms with Crippen molar-refractivity contribution in [1.82, 2.24) is 0 Å². The maximum atomic E-state index is 11.8. The minimum atomic E-state index is -1.09. The first-order valence-electron chi connectivity index (χ1n) is 5.49. The van der Waals surface area contributed by atoms with Gasteiger partial charge in [0.1, 0.15) is 0 Å². The smallest absolute Gasteiger partial charge is 0.337 e. The molecule has 0 aliphatic rings. The summed E-state index contributed by atoms with van der Waals surface area (Å²) in [7, 11) is 0. The summed E-state index contributed by atoms with van der Waals surface area (Å²) in [4.78, 5) is 22.8. The molecule has 0 radical (unpaired) electrons. The highest BCUT2D eigenvalue weighted by molar-refractivity contribution is 9.10. The lowest BCUT2D eigenvalue weighted by Gasteiger charge is -2.13. The van der Waals surface area contributed by atoms with Gasteiger partial charge in [-0.05, 0) is 31.2 Å². The van der Waals surface area contributed by atoms with E-state index in [0.29, 0.717) is 23.1 Å². The molecule has 1 atom stereocenters. The van der Waals surface area contributed by atoms with Gasteiger partial charge in [-0.2, -0.15) is 0 Å². The summed E-state index contributed by atoms with van der Waals surface area (Å²) < 4.78 is 0.646. The lowest BCUT2D eigenvalue weighted by molar-refractivity contribution is -0.119. The molecule has 1 amide bonds. The van der Waals surface area contributed by atoms with Crippen molar-refractivity contribution in [3.63, 3.8) is 0 Å². The van der Waals surface area contributed by atoms with Crippen molar-refractivity contribution in [3.05, 3.63) is 28.2 Å². The minimum Gasteiger partial charge on any atom is -0.478 e. The van der Waals surface area contributed by atoms with Gasteiger partial charge in [0.15, 0.2) is 0 Å². The number of nitrogens with two attached hydrogens (primary N) is 1. The van der Waals surface area contributed by atoms with Crippen LogP contribution in [0.25, 0.3) is 0 Å². The third kappa shape index (κ3) is 3.82. The Kier molecular flexibility index (Phi) is 5.30. The van der Waals surface area contributed by atoms with Crippen molar-refractivity contribution >= 4 is 33.5 Å². The maximum Gasteiger partial charge on any atom is 0.337 e. The molecule has 0 heterocycles. The van der Waals surface area contributed by atoms with E-state index in [2.05, 4.69) is 21.2 Å². The van der Waals surface area contributed by atoms with Crippen molar-refractivity contribution in [2.45, 2.75) is 13.3 Å². The zero-order valence-electron chi connectivity index (χ0n) is 9.94. The van der Waals surface area contributed by atoms with Crippen LogP contribution >= 0.6 is 15.9 Å². The van der Waals surface area contributed by atoms with Crippen molar-refractivity contribution in [3.8, 4) is 0 Å². The molecule has 98 valence electrons. The molecule has 0 aliphatic carbocycles. The standard InChI is InChI=1S/C12H15BrN2O3/c1-7(4-5-14)11(16)15-10-3-2-8(13)6-9(10)12(17)18/h2-3,6-7H,4-5,14H2,1H3,(H,15,16)(H,17,18). The molecule has 0 aliphatic heterocycles. The number of nitrogens with one attached hydrogen (secondary N) is 1. The van der Waals surface area contributed by atoms with Crippen molar-refractivity contribution < 1.29 is 14.7 Å². The average Bonchev–Trinajstić information content (AvgIpc) is 2.31. The minimum absolute atomic E-state index is 0.0534. The summed E-state index contributed by atoms with van der Waals surface area (Å²) in [6.45, 7) is 2.17. The number of hydrogen-bond acceptors (Lipinski definition) is 3. The summed E-state index contributed by atoms with van der Waals surface area (Å²) in [5.74, 6) is -1.57. The van der Waals surface area contributed by atoms with E-state index in [4.69, 9.17) is 10.8 Å². The molecule has 18 heavy (non-hydrogen) atoms. The topological polar surface area (TPSA) is 92.4 Å². The molecular weight excluding hydrogens is 300 g/mol. The van der Waals surface area contributed by atoms with Gasteiger partial charge in [-0.15, -0.1) is 0 Å². The number of anilines is 1. The van der Waals surface area contributed by atoms with E-state index in [1.54, 1.807) is 19.1 Å². The van der Waals surface area contributed by atoms with Gasteiger partial charge in [-0.25, -0.2) is 4.79 Å². The van der Waals surface area contributed by atoms with E-state index >= 15 is 0 Å². The molecule has 1 unspecified atom stereocenters. The first-order valence-corrected chi connectivity index (χ1v) is 6.28. The molecule has 4 N–H and O–H groups in total. The monoisotopic (exact) mass is 314 g/mol. The normalized spacial score (nSPS) is 11.9. The highest BCUT2D eigenvalue weighted by atomic mass is 79.9. The molecule has 5 nitrogen and oxygen atoms in total. The fraction of sp³-hybridized carbons (Fsp3) is 0.333. The molecule has 0 saturated carbocycles. The second kappa shape index (κ2) is 6.51. The maximum absolute atomic E-state index is 11.8. The van der Waals surface area contributed by atoms with Crippen LogP contribution in [0.15, 0.2) is 22.7 Å². The average molecular weight is 315 g/mol. The molecular formula is C12H15BrN2O3. The number of aromatic carboxylic acids is 1. The molecule has 0 saturated heterocycles. The molecule has 0 aromatic heterocycles. The van der Waals surface area contributed by atoms with Crippen LogP contribution < -0.4 is 11.1 Å². The molecule has 1 aromatic rings. The predicted molar refractivity (Wildman–Crippen MR) is 72.6 cm³/mol. The van der Waals surface area contributed by atoms with E-state index in [1.165, 1.54) is 6.07 Å². The lowest BCUT2D eigenvalue weighted by Crippen LogP contribution is -2.23. The molecule has 0 fully saturated rings. The Hall–Kier alpha value is -1.40. The van der Waals surface area contributed by atoms with Crippen molar-refractivity contribution in [2.24, 2.45) is 11.7 Å². The van der Waals surface area contributed by atoms with Crippen molar-refractivity contribution in [1.29, 1.82) is 0 Å². The van der Waals surface area contributed by atoms with Gasteiger partial charge in [-0.1, -0.05) is 22.9 Å². The van der Waals surface area contributed by atoms with Gasteiger partial charge >= 0.3 is 5.97 Å². The highest BCUT2D eigenvalue weighted by Gasteiger charge is 2.16. The number of carbonyl (C=O) groups is 2. The number of carbonyl (C=O) groups excluding carboxylic acids is 1. The summed E-state index contributed by atoms with van der Waals surface area (Å²) in [5, 5.41) is 11.7. The van der Waals surface area contributed by atoms with Crippen LogP contribution in [0.3, 0.4) is 0 Å². The fourth-order valence-electron chi connectivity index (χ4n) is 1.44. The third-order valence-corrected chi connectivity index (χ3v) is 3.01. The number of carboxylic acids is 1. The molecule has 1 aromatic carbocycles. The molecule has 0 spiro atoms. The Morgan fingerprint density at radius 2 is 2.17 bits per heavy atom. The number of halogens is 1. The Morgan fingerprint density at radius 3 is 2.72 bits per heavy atom. The number of amides is 1. The van der Waals surface area contributed by atoms with E-state index in [1.807, 2.05) is 0 Å². The van der Waals surface area contributed by atoms with E-state index in [0.717, 1.165) is 0 Å². The van der Waals surface area contributed by atoms with Crippen molar-refractivity contribution in [2.75, 3.05) is 11.9 Å². The van der Waals surface area contributed by atoms with E-state index in [9.17, 15) is 9.59 Å². The second-order valence-corrected chi connectivity index (χ2v) is 4.88. The van der Waals surface area contributed by atoms with Crippen LogP contribution in [0.2, 0.25) is 0 Å². The van der Waals surface area contributed by atoms with Crippen LogP contribution in [0.4, 0.5) is 5.69 Å². The lowest BCUT2D eigenvalue weighted by atomic mass is 10.1. The molecule has 0 bridgehead atoms. The largest absolute Gasteiger partial charge is 0.478 e. The van der Waals surface area contributed by atoms with E-state index in [-0.39, 0.29) is 17.4 Å². The fourth-order valence-corrected chi connectivity index (χ4v) is 1.80. The Labute approximate surface area is 113 Å². The second-order valence-electron chi connectivity index (χ2n) is 3.96. The SMILES string of the molecule is CC(CCN)C(=O)Nc1ccc(Br)cc1C(=O)O. The van der Waals surface area contributed by atoms with Gasteiger partial charge in [0, 0.05) is 10.4 Å². The number of benzene rings is 1. The van der Waals surface area contributed by atoms with E-state index < -0.39 is 5.97 Å². The quantitative estimate of drug-likeness (QED) is 0.775. The number of hydrogen-bond donors (Lipinski definition) is 3. The zero-order valence-corrected chi connectivity index (χ0v) is 11.5. The summed E-state index contributed by atoms with van der Waals surface area (Å²) in [6, 6.07) is 4.68.